The zero-order valence-corrected chi connectivity index (χ0v) is 15.0. The highest BCUT2D eigenvalue weighted by atomic mass is 35.5. The standard InChI is InChI=1S/C17H14Cl3NO3/c1-10-2-5-15(14(20)6-10)21-16(22)9-24-17(23)8-11-3-4-12(18)13(19)7-11/h2-7H,8-9H2,1H3,(H,21,22). The van der Waals surface area contributed by atoms with Gasteiger partial charge in [0, 0.05) is 0 Å². The van der Waals surface area contributed by atoms with Gasteiger partial charge in [0.25, 0.3) is 5.91 Å². The monoisotopic (exact) mass is 385 g/mol. The summed E-state index contributed by atoms with van der Waals surface area (Å²) < 4.78 is 4.94. The number of hydrogen-bond donors (Lipinski definition) is 1. The van der Waals surface area contributed by atoms with Crippen LogP contribution >= 0.6 is 34.8 Å². The van der Waals surface area contributed by atoms with Crippen molar-refractivity contribution in [3.05, 3.63) is 62.6 Å². The fourth-order valence-electron chi connectivity index (χ4n) is 1.92. The quantitative estimate of drug-likeness (QED) is 0.759. The molecule has 2 aromatic rings. The van der Waals surface area contributed by atoms with Gasteiger partial charge >= 0.3 is 5.97 Å². The Morgan fingerprint density at radius 3 is 2.42 bits per heavy atom. The summed E-state index contributed by atoms with van der Waals surface area (Å²) in [6.07, 6.45) is -0.00451. The summed E-state index contributed by atoms with van der Waals surface area (Å²) in [5, 5.41) is 3.77. The molecule has 0 spiro atoms. The number of hydrogen-bond acceptors (Lipinski definition) is 3. The summed E-state index contributed by atoms with van der Waals surface area (Å²) in [5.74, 6) is -1.01. The number of amides is 1. The average Bonchev–Trinajstić information content (AvgIpc) is 2.52. The maximum atomic E-state index is 11.8. The molecule has 0 aliphatic rings. The molecule has 7 heteroatoms. The van der Waals surface area contributed by atoms with Crippen molar-refractivity contribution in [1.82, 2.24) is 0 Å². The predicted octanol–water partition coefficient (Wildman–Crippen LogP) is 4.68. The van der Waals surface area contributed by atoms with E-state index in [9.17, 15) is 9.59 Å². The third kappa shape index (κ3) is 5.41. The van der Waals surface area contributed by atoms with E-state index in [2.05, 4.69) is 5.32 Å². The molecule has 0 heterocycles. The van der Waals surface area contributed by atoms with Gasteiger partial charge in [-0.1, -0.05) is 46.9 Å². The average molecular weight is 387 g/mol. The number of esters is 1. The van der Waals surface area contributed by atoms with Crippen LogP contribution in [-0.4, -0.2) is 18.5 Å². The highest BCUT2D eigenvalue weighted by molar-refractivity contribution is 6.42. The predicted molar refractivity (Wildman–Crippen MR) is 95.9 cm³/mol. The second-order valence-corrected chi connectivity index (χ2v) is 6.34. The minimum absolute atomic E-state index is 0.00451. The van der Waals surface area contributed by atoms with Crippen LogP contribution in [-0.2, 0) is 20.7 Å². The molecule has 2 rings (SSSR count). The second kappa shape index (κ2) is 8.38. The van der Waals surface area contributed by atoms with Crippen LogP contribution in [0.25, 0.3) is 0 Å². The molecule has 0 aliphatic heterocycles. The minimum atomic E-state index is -0.543. The topological polar surface area (TPSA) is 55.4 Å². The van der Waals surface area contributed by atoms with Gasteiger partial charge in [0.2, 0.25) is 0 Å². The maximum absolute atomic E-state index is 11.8. The summed E-state index contributed by atoms with van der Waals surface area (Å²) in [5.41, 5.74) is 2.09. The number of benzene rings is 2. The van der Waals surface area contributed by atoms with Crippen molar-refractivity contribution in [2.75, 3.05) is 11.9 Å². The summed E-state index contributed by atoms with van der Waals surface area (Å²) in [7, 11) is 0. The number of rotatable bonds is 5. The zero-order valence-electron chi connectivity index (χ0n) is 12.7. The van der Waals surface area contributed by atoms with Gasteiger partial charge in [0.1, 0.15) is 0 Å². The Morgan fingerprint density at radius 2 is 1.75 bits per heavy atom. The van der Waals surface area contributed by atoms with E-state index in [1.54, 1.807) is 30.3 Å². The van der Waals surface area contributed by atoms with Gasteiger partial charge in [-0.25, -0.2) is 0 Å². The molecule has 0 fully saturated rings. The number of halogens is 3. The van der Waals surface area contributed by atoms with Crippen molar-refractivity contribution in [2.24, 2.45) is 0 Å². The Balaban J connectivity index is 1.84. The molecular formula is C17H14Cl3NO3. The van der Waals surface area contributed by atoms with Gasteiger partial charge in [0.05, 0.1) is 27.2 Å². The van der Waals surface area contributed by atoms with E-state index in [-0.39, 0.29) is 6.42 Å². The Hall–Kier alpha value is -1.75. The van der Waals surface area contributed by atoms with Gasteiger partial charge in [-0.2, -0.15) is 0 Å². The molecule has 2 aromatic carbocycles. The lowest BCUT2D eigenvalue weighted by Gasteiger charge is -2.09. The molecule has 4 nitrogen and oxygen atoms in total. The maximum Gasteiger partial charge on any atom is 0.310 e. The molecule has 1 N–H and O–H groups in total. The van der Waals surface area contributed by atoms with Crippen molar-refractivity contribution >= 4 is 52.4 Å². The van der Waals surface area contributed by atoms with Gasteiger partial charge in [0.15, 0.2) is 6.61 Å². The number of ether oxygens (including phenoxy) is 1. The van der Waals surface area contributed by atoms with Crippen LogP contribution < -0.4 is 5.32 Å². The second-order valence-electron chi connectivity index (χ2n) is 5.12. The summed E-state index contributed by atoms with van der Waals surface area (Å²) in [4.78, 5) is 23.6. The Bertz CT molecular complexity index is 778. The molecule has 0 bridgehead atoms. The van der Waals surface area contributed by atoms with Gasteiger partial charge < -0.3 is 10.1 Å². The van der Waals surface area contributed by atoms with Crippen LogP contribution in [0.1, 0.15) is 11.1 Å². The molecule has 0 aromatic heterocycles. The van der Waals surface area contributed by atoms with E-state index in [0.29, 0.717) is 26.3 Å². The number of carbonyl (C=O) groups excluding carboxylic acids is 2. The molecule has 0 saturated heterocycles. The van der Waals surface area contributed by atoms with E-state index in [1.165, 1.54) is 0 Å². The first-order valence-corrected chi connectivity index (χ1v) is 8.14. The van der Waals surface area contributed by atoms with Crippen LogP contribution in [0.4, 0.5) is 5.69 Å². The minimum Gasteiger partial charge on any atom is -0.455 e. The number of anilines is 1. The lowest BCUT2D eigenvalue weighted by Crippen LogP contribution is -2.21. The lowest BCUT2D eigenvalue weighted by molar-refractivity contribution is -0.146. The highest BCUT2D eigenvalue weighted by Crippen LogP contribution is 2.23. The van der Waals surface area contributed by atoms with Crippen molar-refractivity contribution < 1.29 is 14.3 Å². The SMILES string of the molecule is Cc1ccc(NC(=O)COC(=O)Cc2ccc(Cl)c(Cl)c2)c(Cl)c1. The molecule has 0 aliphatic carbocycles. The molecule has 0 atom stereocenters. The normalized spacial score (nSPS) is 10.3. The third-order valence-electron chi connectivity index (χ3n) is 3.10. The van der Waals surface area contributed by atoms with Crippen molar-refractivity contribution in [3.63, 3.8) is 0 Å². The van der Waals surface area contributed by atoms with E-state index >= 15 is 0 Å². The van der Waals surface area contributed by atoms with Crippen molar-refractivity contribution in [1.29, 1.82) is 0 Å². The van der Waals surface area contributed by atoms with Gasteiger partial charge in [-0.15, -0.1) is 0 Å². The van der Waals surface area contributed by atoms with Crippen LogP contribution in [0.5, 0.6) is 0 Å². The largest absolute Gasteiger partial charge is 0.455 e. The zero-order chi connectivity index (χ0) is 17.7. The first kappa shape index (κ1) is 18.6. The Morgan fingerprint density at radius 1 is 1.00 bits per heavy atom. The fraction of sp³-hybridized carbons (Fsp3) is 0.176. The van der Waals surface area contributed by atoms with Crippen LogP contribution in [0.3, 0.4) is 0 Å². The molecule has 0 saturated carbocycles. The van der Waals surface area contributed by atoms with E-state index in [1.807, 2.05) is 13.0 Å². The summed E-state index contributed by atoms with van der Waals surface area (Å²) >= 11 is 17.7. The molecular weight excluding hydrogens is 373 g/mol. The number of aryl methyl sites for hydroxylation is 1. The highest BCUT2D eigenvalue weighted by Gasteiger charge is 2.11. The van der Waals surface area contributed by atoms with Gasteiger partial charge in [-0.3, -0.25) is 9.59 Å². The Labute approximate surface area is 154 Å². The van der Waals surface area contributed by atoms with E-state index in [0.717, 1.165) is 5.56 Å². The molecule has 1 amide bonds. The van der Waals surface area contributed by atoms with E-state index < -0.39 is 18.5 Å². The summed E-state index contributed by atoms with van der Waals surface area (Å²) in [6.45, 7) is 1.49. The molecule has 0 radical (unpaired) electrons. The Kier molecular flexibility index (Phi) is 6.49. The van der Waals surface area contributed by atoms with Crippen LogP contribution in [0.2, 0.25) is 15.1 Å². The van der Waals surface area contributed by atoms with Crippen LogP contribution in [0, 0.1) is 6.92 Å². The summed E-state index contributed by atoms with van der Waals surface area (Å²) in [6, 6.07) is 10.1. The molecule has 126 valence electrons. The van der Waals surface area contributed by atoms with Crippen LogP contribution in [0.15, 0.2) is 36.4 Å². The lowest BCUT2D eigenvalue weighted by atomic mass is 10.1. The van der Waals surface area contributed by atoms with E-state index in [4.69, 9.17) is 39.5 Å². The first-order valence-electron chi connectivity index (χ1n) is 7.00. The number of nitrogens with one attached hydrogen (secondary N) is 1. The third-order valence-corrected chi connectivity index (χ3v) is 4.15. The van der Waals surface area contributed by atoms with Gasteiger partial charge in [-0.05, 0) is 42.3 Å². The number of carbonyl (C=O) groups is 2. The molecule has 24 heavy (non-hydrogen) atoms. The first-order chi connectivity index (χ1) is 11.3. The smallest absolute Gasteiger partial charge is 0.310 e. The molecule has 0 unspecified atom stereocenters. The van der Waals surface area contributed by atoms with Crippen molar-refractivity contribution in [2.45, 2.75) is 13.3 Å². The van der Waals surface area contributed by atoms with Crippen molar-refractivity contribution in [3.8, 4) is 0 Å². The fourth-order valence-corrected chi connectivity index (χ4v) is 2.52.